The van der Waals surface area contributed by atoms with E-state index in [4.69, 9.17) is 4.74 Å². The maximum atomic E-state index is 5.57. The third-order valence-electron chi connectivity index (χ3n) is 5.10. The van der Waals surface area contributed by atoms with Crippen LogP contribution in [-0.2, 0) is 11.8 Å². The second kappa shape index (κ2) is 6.42. The van der Waals surface area contributed by atoms with Gasteiger partial charge in [0.05, 0.1) is 31.1 Å². The molecule has 2 aliphatic rings. The zero-order valence-corrected chi connectivity index (χ0v) is 13.2. The zero-order chi connectivity index (χ0) is 14.7. The minimum Gasteiger partial charge on any atom is -0.379 e. The standard InChI is InChI=1S/C15H27N5O/c1-3-16-14(13-12-17-18-19(13)2)15(6-4-5-7-15)20-8-10-21-11-9-20/h12,14,16H,3-11H2,1-2H3. The Hall–Kier alpha value is -0.980. The largest absolute Gasteiger partial charge is 0.379 e. The van der Waals surface area contributed by atoms with Crippen molar-refractivity contribution in [3.05, 3.63) is 11.9 Å². The summed E-state index contributed by atoms with van der Waals surface area (Å²) in [5.41, 5.74) is 1.39. The van der Waals surface area contributed by atoms with E-state index >= 15 is 0 Å². The molecule has 0 radical (unpaired) electrons. The van der Waals surface area contributed by atoms with Crippen LogP contribution in [0.15, 0.2) is 6.20 Å². The van der Waals surface area contributed by atoms with Gasteiger partial charge in [0.25, 0.3) is 0 Å². The highest BCUT2D eigenvalue weighted by Gasteiger charge is 2.47. The molecule has 118 valence electrons. The van der Waals surface area contributed by atoms with Crippen molar-refractivity contribution in [2.45, 2.75) is 44.2 Å². The van der Waals surface area contributed by atoms with Crippen LogP contribution in [0.5, 0.6) is 0 Å². The maximum Gasteiger partial charge on any atom is 0.0772 e. The molecule has 6 nitrogen and oxygen atoms in total. The van der Waals surface area contributed by atoms with E-state index in [1.165, 1.54) is 31.4 Å². The minimum absolute atomic E-state index is 0.190. The molecule has 0 spiro atoms. The predicted molar refractivity (Wildman–Crippen MR) is 81.0 cm³/mol. The molecule has 1 aromatic heterocycles. The molecule has 0 bridgehead atoms. The van der Waals surface area contributed by atoms with Crippen molar-refractivity contribution in [2.75, 3.05) is 32.8 Å². The molecule has 3 rings (SSSR count). The summed E-state index contributed by atoms with van der Waals surface area (Å²) in [5, 5.41) is 12.0. The first-order chi connectivity index (χ1) is 10.3. The number of aryl methyl sites for hydroxylation is 1. The molecule has 1 aliphatic carbocycles. The van der Waals surface area contributed by atoms with Gasteiger partial charge in [-0.25, -0.2) is 0 Å². The highest BCUT2D eigenvalue weighted by Crippen LogP contribution is 2.44. The monoisotopic (exact) mass is 293 g/mol. The van der Waals surface area contributed by atoms with Gasteiger partial charge in [0.1, 0.15) is 0 Å². The van der Waals surface area contributed by atoms with E-state index in [0.29, 0.717) is 6.04 Å². The van der Waals surface area contributed by atoms with Crippen LogP contribution in [0.1, 0.15) is 44.3 Å². The zero-order valence-electron chi connectivity index (χ0n) is 13.2. The molecule has 2 heterocycles. The molecule has 1 atom stereocenters. The summed E-state index contributed by atoms with van der Waals surface area (Å²) < 4.78 is 7.49. The van der Waals surface area contributed by atoms with Crippen molar-refractivity contribution in [2.24, 2.45) is 7.05 Å². The van der Waals surface area contributed by atoms with Crippen molar-refractivity contribution in [1.29, 1.82) is 0 Å². The number of likely N-dealkylation sites (N-methyl/N-ethyl adjacent to an activating group) is 1. The first-order valence-electron chi connectivity index (χ1n) is 8.18. The average molecular weight is 293 g/mol. The van der Waals surface area contributed by atoms with Crippen molar-refractivity contribution >= 4 is 0 Å². The van der Waals surface area contributed by atoms with Crippen LogP contribution in [0.3, 0.4) is 0 Å². The smallest absolute Gasteiger partial charge is 0.0772 e. The Balaban J connectivity index is 1.94. The van der Waals surface area contributed by atoms with E-state index in [0.717, 1.165) is 32.8 Å². The van der Waals surface area contributed by atoms with E-state index in [2.05, 4.69) is 27.5 Å². The van der Waals surface area contributed by atoms with Gasteiger partial charge in [-0.15, -0.1) is 5.10 Å². The molecular weight excluding hydrogens is 266 g/mol. The second-order valence-corrected chi connectivity index (χ2v) is 6.18. The Morgan fingerprint density at radius 2 is 2.05 bits per heavy atom. The van der Waals surface area contributed by atoms with Crippen LogP contribution in [-0.4, -0.2) is 58.3 Å². The fourth-order valence-electron chi connectivity index (χ4n) is 4.12. The molecule has 1 unspecified atom stereocenters. The number of aromatic nitrogens is 3. The molecule has 0 aromatic carbocycles. The number of rotatable bonds is 5. The summed E-state index contributed by atoms with van der Waals surface area (Å²) in [6.07, 6.45) is 7.04. The Bertz CT molecular complexity index is 449. The first-order valence-corrected chi connectivity index (χ1v) is 8.18. The summed E-state index contributed by atoms with van der Waals surface area (Å²) in [6.45, 7) is 6.91. The van der Waals surface area contributed by atoms with E-state index in [1.54, 1.807) is 0 Å². The molecular formula is C15H27N5O. The summed E-state index contributed by atoms with van der Waals surface area (Å²) in [5.74, 6) is 0. The van der Waals surface area contributed by atoms with Crippen LogP contribution in [0.25, 0.3) is 0 Å². The highest BCUT2D eigenvalue weighted by molar-refractivity contribution is 5.15. The molecule has 2 fully saturated rings. The molecule has 1 saturated carbocycles. The van der Waals surface area contributed by atoms with Gasteiger partial charge in [0.15, 0.2) is 0 Å². The Morgan fingerprint density at radius 3 is 2.62 bits per heavy atom. The van der Waals surface area contributed by atoms with Gasteiger partial charge in [0, 0.05) is 25.7 Å². The third kappa shape index (κ3) is 2.72. The molecule has 0 amide bonds. The van der Waals surface area contributed by atoms with Crippen molar-refractivity contribution in [3.8, 4) is 0 Å². The first kappa shape index (κ1) is 14.9. The van der Waals surface area contributed by atoms with Crippen LogP contribution >= 0.6 is 0 Å². The molecule has 1 aromatic rings. The van der Waals surface area contributed by atoms with Gasteiger partial charge in [0.2, 0.25) is 0 Å². The van der Waals surface area contributed by atoms with E-state index in [9.17, 15) is 0 Å². The quantitative estimate of drug-likeness (QED) is 0.881. The normalized spacial score (nSPS) is 24.3. The van der Waals surface area contributed by atoms with Crippen LogP contribution in [0.4, 0.5) is 0 Å². The fraction of sp³-hybridized carbons (Fsp3) is 0.867. The Morgan fingerprint density at radius 1 is 1.33 bits per heavy atom. The second-order valence-electron chi connectivity index (χ2n) is 6.18. The number of hydrogen-bond acceptors (Lipinski definition) is 5. The average Bonchev–Trinajstić information content (AvgIpc) is 3.16. The lowest BCUT2D eigenvalue weighted by Crippen LogP contribution is -2.58. The van der Waals surface area contributed by atoms with Gasteiger partial charge < -0.3 is 10.1 Å². The summed E-state index contributed by atoms with van der Waals surface area (Å²) in [7, 11) is 1.99. The van der Waals surface area contributed by atoms with Crippen LogP contribution in [0.2, 0.25) is 0 Å². The third-order valence-corrected chi connectivity index (χ3v) is 5.10. The fourth-order valence-corrected chi connectivity index (χ4v) is 4.12. The highest BCUT2D eigenvalue weighted by atomic mass is 16.5. The van der Waals surface area contributed by atoms with Gasteiger partial charge >= 0.3 is 0 Å². The lowest BCUT2D eigenvalue weighted by atomic mass is 9.83. The van der Waals surface area contributed by atoms with Crippen molar-refractivity contribution < 1.29 is 4.74 Å². The Kier molecular flexibility index (Phi) is 4.57. The number of nitrogens with one attached hydrogen (secondary N) is 1. The van der Waals surface area contributed by atoms with Gasteiger partial charge in [-0.3, -0.25) is 9.58 Å². The van der Waals surface area contributed by atoms with Gasteiger partial charge in [-0.2, -0.15) is 0 Å². The van der Waals surface area contributed by atoms with Gasteiger partial charge in [-0.05, 0) is 19.4 Å². The SMILES string of the molecule is CCNC(c1cnnn1C)C1(N2CCOCC2)CCCC1. The van der Waals surface area contributed by atoms with Crippen molar-refractivity contribution in [1.82, 2.24) is 25.2 Å². The molecule has 6 heteroatoms. The summed E-state index contributed by atoms with van der Waals surface area (Å²) >= 11 is 0. The van der Waals surface area contributed by atoms with E-state index in [-0.39, 0.29) is 5.54 Å². The van der Waals surface area contributed by atoms with Gasteiger partial charge in [-0.1, -0.05) is 25.0 Å². The molecule has 1 aliphatic heterocycles. The molecule has 1 N–H and O–H groups in total. The maximum absolute atomic E-state index is 5.57. The molecule has 21 heavy (non-hydrogen) atoms. The minimum atomic E-state index is 0.190. The van der Waals surface area contributed by atoms with E-state index in [1.807, 2.05) is 17.9 Å². The number of nitrogens with zero attached hydrogens (tertiary/aromatic N) is 4. The summed E-state index contributed by atoms with van der Waals surface area (Å²) in [4.78, 5) is 2.66. The predicted octanol–water partition coefficient (Wildman–Crippen LogP) is 1.11. The topological polar surface area (TPSA) is 55.2 Å². The lowest BCUT2D eigenvalue weighted by Gasteiger charge is -2.48. The van der Waals surface area contributed by atoms with Crippen LogP contribution < -0.4 is 5.32 Å². The van der Waals surface area contributed by atoms with E-state index < -0.39 is 0 Å². The Labute approximate surface area is 126 Å². The number of hydrogen-bond donors (Lipinski definition) is 1. The molecule has 1 saturated heterocycles. The summed E-state index contributed by atoms with van der Waals surface area (Å²) in [6, 6.07) is 0.295. The number of ether oxygens (including phenoxy) is 1. The lowest BCUT2D eigenvalue weighted by molar-refractivity contribution is -0.0372. The number of morpholine rings is 1. The van der Waals surface area contributed by atoms with Crippen LogP contribution in [0, 0.1) is 0 Å². The van der Waals surface area contributed by atoms with Crippen molar-refractivity contribution in [3.63, 3.8) is 0 Å².